The summed E-state index contributed by atoms with van der Waals surface area (Å²) in [5.74, 6) is 1.22. The van der Waals surface area contributed by atoms with Gasteiger partial charge in [0.25, 0.3) is 0 Å². The van der Waals surface area contributed by atoms with E-state index in [1.807, 2.05) is 0 Å². The normalized spacial score (nSPS) is 21.5. The minimum absolute atomic E-state index is 0.00710. The molecule has 3 aliphatic heterocycles. The molecule has 0 amide bonds. The van der Waals surface area contributed by atoms with E-state index >= 15 is 0 Å². The predicted octanol–water partition coefficient (Wildman–Crippen LogP) is 11.1. The van der Waals surface area contributed by atoms with Crippen LogP contribution in [-0.2, 0) is 5.41 Å². The van der Waals surface area contributed by atoms with Crippen molar-refractivity contribution in [1.29, 1.82) is 0 Å². The van der Waals surface area contributed by atoms with E-state index in [-0.39, 0.29) is 17.7 Å². The van der Waals surface area contributed by atoms with Crippen molar-refractivity contribution in [1.82, 2.24) is 0 Å². The maximum absolute atomic E-state index is 2.79. The highest BCUT2D eigenvalue weighted by atomic mass is 15.3. The van der Waals surface area contributed by atoms with E-state index in [1.54, 1.807) is 0 Å². The first-order chi connectivity index (χ1) is 24.1. The third kappa shape index (κ3) is 4.10. The van der Waals surface area contributed by atoms with E-state index in [0.717, 1.165) is 0 Å². The number of fused-ring (bicyclic) bond motifs is 8. The minimum atomic E-state index is -0.00710. The van der Waals surface area contributed by atoms with Gasteiger partial charge in [0.2, 0.25) is 6.71 Å². The van der Waals surface area contributed by atoms with Gasteiger partial charge >= 0.3 is 0 Å². The number of anilines is 5. The second-order valence-electron chi connectivity index (χ2n) is 17.0. The Kier molecular flexibility index (Phi) is 7.06. The Balaban J connectivity index is 1.42. The maximum Gasteiger partial charge on any atom is 0.248 e. The summed E-state index contributed by atoms with van der Waals surface area (Å²) in [5.41, 5.74) is 20.0. The van der Waals surface area contributed by atoms with E-state index in [0.29, 0.717) is 17.8 Å². The zero-order valence-corrected chi connectivity index (χ0v) is 31.3. The number of hydrogen-bond donors (Lipinski definition) is 0. The number of benzene rings is 5. The fraction of sp³-hybridized carbons (Fsp3) is 0.362. The van der Waals surface area contributed by atoms with Gasteiger partial charge in [0.15, 0.2) is 0 Å². The van der Waals surface area contributed by atoms with Crippen LogP contribution in [-0.4, -0.2) is 12.3 Å². The van der Waals surface area contributed by atoms with Crippen LogP contribution in [0.3, 0.4) is 0 Å². The molecule has 252 valence electrons. The van der Waals surface area contributed by atoms with Gasteiger partial charge in [-0.25, -0.2) is 0 Å². The van der Waals surface area contributed by atoms with Gasteiger partial charge in [-0.1, -0.05) is 140 Å². The SMILES string of the molecule is CC(C)c1ccccc1N1c2cc(N3c4ccccc4C4(C)CCCCC34C)cc3c2B(c2cccc(C(C)C)c21)c1c-3cccc1C(C)C. The lowest BCUT2D eigenvalue weighted by Gasteiger charge is -2.50. The summed E-state index contributed by atoms with van der Waals surface area (Å²) in [7, 11) is 0. The minimum Gasteiger partial charge on any atom is -0.334 e. The number of rotatable bonds is 5. The summed E-state index contributed by atoms with van der Waals surface area (Å²) in [6.07, 6.45) is 5.00. The molecule has 0 aromatic heterocycles. The molecule has 50 heavy (non-hydrogen) atoms. The molecular weight excluding hydrogens is 603 g/mol. The van der Waals surface area contributed by atoms with Crippen molar-refractivity contribution in [3.63, 3.8) is 0 Å². The Bertz CT molecular complexity index is 2180. The van der Waals surface area contributed by atoms with Gasteiger partial charge in [-0.05, 0) is 106 Å². The standard InChI is InChI=1S/C47H51BN2/c1-29(2)33-17-9-11-23-40(33)49-42-28-32(50-41-24-12-10-21-38(41)46(7)25-13-14-26-47(46,50)8)27-37-36-20-15-18-34(30(3)4)43(36)48(44(37)42)39-22-16-19-35(31(5)6)45(39)49/h9-12,15-24,27-31H,13-14,25-26H2,1-8H3. The first kappa shape index (κ1) is 31.7. The molecule has 1 fully saturated rings. The topological polar surface area (TPSA) is 6.48 Å². The quantitative estimate of drug-likeness (QED) is 0.170. The molecule has 0 bridgehead atoms. The lowest BCUT2D eigenvalue weighted by Crippen LogP contribution is -2.56. The molecule has 2 nitrogen and oxygen atoms in total. The molecule has 5 aromatic carbocycles. The average molecular weight is 655 g/mol. The Morgan fingerprint density at radius 2 is 1.22 bits per heavy atom. The number of hydrogen-bond acceptors (Lipinski definition) is 2. The molecule has 0 N–H and O–H groups in total. The molecular formula is C47H51BN2. The molecule has 3 heteroatoms. The number of nitrogens with zero attached hydrogens (tertiary/aromatic N) is 2. The third-order valence-corrected chi connectivity index (χ3v) is 13.3. The molecule has 3 heterocycles. The second kappa shape index (κ2) is 11.1. The van der Waals surface area contributed by atoms with E-state index in [1.165, 1.54) is 104 Å². The van der Waals surface area contributed by atoms with Crippen molar-refractivity contribution in [3.8, 4) is 11.1 Å². The van der Waals surface area contributed by atoms with Crippen LogP contribution >= 0.6 is 0 Å². The van der Waals surface area contributed by atoms with Gasteiger partial charge in [-0.15, -0.1) is 0 Å². The molecule has 9 rings (SSSR count). The summed E-state index contributed by atoms with van der Waals surface area (Å²) in [5, 5.41) is 0. The Hall–Kier alpha value is -4.24. The Morgan fingerprint density at radius 1 is 0.580 bits per heavy atom. The molecule has 1 aliphatic carbocycles. The lowest BCUT2D eigenvalue weighted by molar-refractivity contribution is 0.195. The highest BCUT2D eigenvalue weighted by Crippen LogP contribution is 2.61. The lowest BCUT2D eigenvalue weighted by atomic mass is 9.36. The average Bonchev–Trinajstić information content (AvgIpc) is 3.55. The van der Waals surface area contributed by atoms with Crippen LogP contribution in [0.25, 0.3) is 11.1 Å². The van der Waals surface area contributed by atoms with Gasteiger partial charge in [-0.2, -0.15) is 0 Å². The molecule has 1 saturated carbocycles. The maximum atomic E-state index is 2.79. The fourth-order valence-electron chi connectivity index (χ4n) is 10.8. The van der Waals surface area contributed by atoms with Crippen LogP contribution in [0.15, 0.2) is 97.1 Å². The van der Waals surface area contributed by atoms with Gasteiger partial charge in [0.05, 0.1) is 5.54 Å². The van der Waals surface area contributed by atoms with Crippen LogP contribution < -0.4 is 26.2 Å². The van der Waals surface area contributed by atoms with Gasteiger partial charge < -0.3 is 9.80 Å². The molecule has 0 spiro atoms. The first-order valence-corrected chi connectivity index (χ1v) is 19.3. The third-order valence-electron chi connectivity index (χ3n) is 13.3. The summed E-state index contributed by atoms with van der Waals surface area (Å²) < 4.78 is 0. The highest BCUT2D eigenvalue weighted by Gasteiger charge is 2.58. The monoisotopic (exact) mass is 654 g/mol. The highest BCUT2D eigenvalue weighted by molar-refractivity contribution is 7.01. The molecule has 2 unspecified atom stereocenters. The van der Waals surface area contributed by atoms with Gasteiger partial charge in [-0.3, -0.25) is 0 Å². The predicted molar refractivity (Wildman–Crippen MR) is 216 cm³/mol. The van der Waals surface area contributed by atoms with Crippen LogP contribution in [0.4, 0.5) is 28.4 Å². The molecule has 4 aliphatic rings. The molecule has 0 saturated heterocycles. The Morgan fingerprint density at radius 3 is 1.98 bits per heavy atom. The van der Waals surface area contributed by atoms with Gasteiger partial charge in [0.1, 0.15) is 0 Å². The van der Waals surface area contributed by atoms with Crippen molar-refractivity contribution >= 4 is 51.5 Å². The van der Waals surface area contributed by atoms with Crippen LogP contribution in [0.2, 0.25) is 0 Å². The summed E-state index contributed by atoms with van der Waals surface area (Å²) in [6.45, 7) is 19.5. The summed E-state index contributed by atoms with van der Waals surface area (Å²) in [6, 6.07) is 38.0. The molecule has 0 radical (unpaired) electrons. The van der Waals surface area contributed by atoms with E-state index in [9.17, 15) is 0 Å². The van der Waals surface area contributed by atoms with E-state index < -0.39 is 0 Å². The largest absolute Gasteiger partial charge is 0.334 e. The fourth-order valence-corrected chi connectivity index (χ4v) is 10.8. The van der Waals surface area contributed by atoms with Gasteiger partial charge in [0, 0.05) is 33.9 Å². The number of para-hydroxylation sites is 3. The zero-order valence-electron chi connectivity index (χ0n) is 31.3. The summed E-state index contributed by atoms with van der Waals surface area (Å²) >= 11 is 0. The Labute approximate surface area is 300 Å². The van der Waals surface area contributed by atoms with Crippen molar-refractivity contribution < 1.29 is 0 Å². The van der Waals surface area contributed by atoms with Crippen LogP contribution in [0, 0.1) is 0 Å². The van der Waals surface area contributed by atoms with E-state index in [2.05, 4.69) is 162 Å². The van der Waals surface area contributed by atoms with Crippen LogP contribution in [0.1, 0.15) is 121 Å². The second-order valence-corrected chi connectivity index (χ2v) is 17.0. The molecule has 5 aromatic rings. The smallest absolute Gasteiger partial charge is 0.248 e. The van der Waals surface area contributed by atoms with Crippen molar-refractivity contribution in [2.45, 2.75) is 110 Å². The first-order valence-electron chi connectivity index (χ1n) is 19.3. The van der Waals surface area contributed by atoms with Crippen molar-refractivity contribution in [3.05, 3.63) is 119 Å². The van der Waals surface area contributed by atoms with E-state index in [4.69, 9.17) is 0 Å². The van der Waals surface area contributed by atoms with Crippen LogP contribution in [0.5, 0.6) is 0 Å². The van der Waals surface area contributed by atoms with Crippen molar-refractivity contribution in [2.24, 2.45) is 0 Å². The summed E-state index contributed by atoms with van der Waals surface area (Å²) in [4.78, 5) is 5.48. The zero-order chi connectivity index (χ0) is 34.7. The van der Waals surface area contributed by atoms with Crippen molar-refractivity contribution in [2.75, 3.05) is 9.80 Å². The molecule has 2 atom stereocenters.